The average molecular weight is 598 g/mol. The topological polar surface area (TPSA) is 78.1 Å². The Bertz CT molecular complexity index is 1160. The van der Waals surface area contributed by atoms with Crippen molar-refractivity contribution >= 4 is 53.4 Å². The second-order valence-corrected chi connectivity index (χ2v) is 10.8. The van der Waals surface area contributed by atoms with E-state index >= 15 is 0 Å². The quantitative estimate of drug-likeness (QED) is 0.209. The Labute approximate surface area is 216 Å². The Morgan fingerprint density at radius 3 is 1.03 bits per heavy atom. The Morgan fingerprint density at radius 1 is 0.471 bits per heavy atom. The first-order valence-corrected chi connectivity index (χ1v) is 14.2. The van der Waals surface area contributed by atoms with Crippen molar-refractivity contribution in [1.82, 2.24) is 9.13 Å². The third kappa shape index (κ3) is 5.32. The summed E-state index contributed by atoms with van der Waals surface area (Å²) in [5.74, 6) is 0. The molecule has 2 aromatic heterocycles. The number of benzene rings is 1. The second-order valence-electron chi connectivity index (χ2n) is 9.19. The van der Waals surface area contributed by atoms with Crippen molar-refractivity contribution in [3.05, 3.63) is 50.4 Å². The van der Waals surface area contributed by atoms with E-state index in [9.17, 15) is 19.2 Å². The van der Waals surface area contributed by atoms with E-state index in [0.717, 1.165) is 51.4 Å². The van der Waals surface area contributed by atoms with Gasteiger partial charge in [0.25, 0.3) is 22.2 Å². The number of hydrogen-bond acceptors (Lipinski definition) is 4. The number of aromatic nitrogens is 2. The number of unbranched alkanes of at least 4 members (excludes halogenated alkanes) is 10. The molecule has 34 heavy (non-hydrogen) atoms. The molecule has 0 radical (unpaired) electrons. The van der Waals surface area contributed by atoms with Gasteiger partial charge < -0.3 is 0 Å². The molecule has 2 heterocycles. The van der Waals surface area contributed by atoms with Crippen molar-refractivity contribution in [2.24, 2.45) is 0 Å². The molecule has 0 atom stereocenters. The molecule has 3 rings (SSSR count). The van der Waals surface area contributed by atoms with Crippen molar-refractivity contribution in [2.75, 3.05) is 0 Å². The summed E-state index contributed by atoms with van der Waals surface area (Å²) in [4.78, 5) is 52.6. The van der Waals surface area contributed by atoms with E-state index in [1.54, 1.807) is 0 Å². The Hall–Kier alpha value is -1.54. The summed E-state index contributed by atoms with van der Waals surface area (Å²) in [5.41, 5.74) is -1.62. The van der Waals surface area contributed by atoms with Crippen LogP contribution in [0.3, 0.4) is 0 Å². The molecule has 0 saturated heterocycles. The lowest BCUT2D eigenvalue weighted by Gasteiger charge is -2.01. The van der Waals surface area contributed by atoms with Gasteiger partial charge in [0.2, 0.25) is 0 Å². The lowest BCUT2D eigenvalue weighted by atomic mass is 10.1. The van der Waals surface area contributed by atoms with Gasteiger partial charge in [0.1, 0.15) is 0 Å². The van der Waals surface area contributed by atoms with E-state index < -0.39 is 22.2 Å². The van der Waals surface area contributed by atoms with Gasteiger partial charge in [-0.05, 0) is 44.7 Å². The van der Waals surface area contributed by atoms with E-state index in [4.69, 9.17) is 0 Å². The summed E-state index contributed by atoms with van der Waals surface area (Å²) in [6.45, 7) is 5.01. The molecule has 0 N–H and O–H groups in total. The first-order chi connectivity index (χ1) is 16.4. The fourth-order valence-electron chi connectivity index (χ4n) is 4.72. The van der Waals surface area contributed by atoms with Gasteiger partial charge in [0.05, 0.1) is 21.5 Å². The minimum atomic E-state index is -0.404. The number of hydrogen-bond donors (Lipinski definition) is 0. The Balaban J connectivity index is 1.94. The SMILES string of the molecule is CCCCCCCCn1c(=O)c2c(Br)c3c(=O)n(CCCCCCCC)c(=O)c3c(Br)c2c1=O. The van der Waals surface area contributed by atoms with Crippen LogP contribution < -0.4 is 22.2 Å². The molecule has 8 heteroatoms. The van der Waals surface area contributed by atoms with Gasteiger partial charge in [-0.1, -0.05) is 78.1 Å². The van der Waals surface area contributed by atoms with Gasteiger partial charge in [-0.25, -0.2) is 0 Å². The predicted molar refractivity (Wildman–Crippen MR) is 147 cm³/mol. The molecular formula is C26H34Br2N2O4. The molecule has 0 amide bonds. The fraction of sp³-hybridized carbons (Fsp3) is 0.615. The highest BCUT2D eigenvalue weighted by Gasteiger charge is 2.27. The molecule has 0 aliphatic carbocycles. The first-order valence-electron chi connectivity index (χ1n) is 12.6. The Kier molecular flexibility index (Phi) is 9.89. The van der Waals surface area contributed by atoms with Gasteiger partial charge in [-0.3, -0.25) is 28.3 Å². The van der Waals surface area contributed by atoms with E-state index in [-0.39, 0.29) is 30.5 Å². The molecule has 0 unspecified atom stereocenters. The minimum absolute atomic E-state index is 0.184. The molecule has 0 saturated carbocycles. The number of rotatable bonds is 14. The zero-order chi connectivity index (χ0) is 24.8. The molecule has 3 aromatic rings. The Morgan fingerprint density at radius 2 is 0.735 bits per heavy atom. The summed E-state index contributed by atoms with van der Waals surface area (Å²) in [6.07, 6.45) is 12.6. The fourth-order valence-corrected chi connectivity index (χ4v) is 6.19. The zero-order valence-electron chi connectivity index (χ0n) is 20.2. The molecule has 186 valence electrons. The zero-order valence-corrected chi connectivity index (χ0v) is 23.4. The molecule has 0 spiro atoms. The normalized spacial score (nSPS) is 11.9. The van der Waals surface area contributed by atoms with Crippen molar-refractivity contribution in [1.29, 1.82) is 0 Å². The van der Waals surface area contributed by atoms with Crippen LogP contribution in [0.4, 0.5) is 0 Å². The smallest absolute Gasteiger partial charge is 0.262 e. The number of halogens is 2. The van der Waals surface area contributed by atoms with E-state index in [1.165, 1.54) is 34.8 Å². The lowest BCUT2D eigenvalue weighted by Crippen LogP contribution is -2.26. The summed E-state index contributed by atoms with van der Waals surface area (Å²) in [5, 5.41) is 0.738. The standard InChI is InChI=1S/C26H34Br2N2O4/c1-3-5-7-9-11-13-15-29-23(31)17-18(24(29)32)22(28)20-19(21(17)27)25(33)30(26(20)34)16-14-12-10-8-6-4-2/h3-16H2,1-2H3. The molecule has 1 aromatic carbocycles. The predicted octanol–water partition coefficient (Wildman–Crippen LogP) is 6.16. The van der Waals surface area contributed by atoms with Crippen LogP contribution in [-0.2, 0) is 13.1 Å². The van der Waals surface area contributed by atoms with E-state index in [2.05, 4.69) is 45.7 Å². The summed E-state index contributed by atoms with van der Waals surface area (Å²) < 4.78 is 3.01. The third-order valence-electron chi connectivity index (χ3n) is 6.68. The minimum Gasteiger partial charge on any atom is -0.274 e. The molecule has 0 aliphatic heterocycles. The summed E-state index contributed by atoms with van der Waals surface area (Å²) >= 11 is 6.82. The number of fused-ring (bicyclic) bond motifs is 2. The molecule has 0 aliphatic rings. The molecule has 6 nitrogen and oxygen atoms in total. The third-order valence-corrected chi connectivity index (χ3v) is 8.27. The first kappa shape index (κ1) is 27.1. The van der Waals surface area contributed by atoms with Crippen LogP contribution in [0.1, 0.15) is 90.9 Å². The van der Waals surface area contributed by atoms with Crippen molar-refractivity contribution < 1.29 is 0 Å². The highest BCUT2D eigenvalue weighted by atomic mass is 79.9. The lowest BCUT2D eigenvalue weighted by molar-refractivity contribution is 0.547. The van der Waals surface area contributed by atoms with Crippen LogP contribution in [0, 0.1) is 0 Å². The summed E-state index contributed by atoms with van der Waals surface area (Å²) in [7, 11) is 0. The largest absolute Gasteiger partial charge is 0.274 e. The van der Waals surface area contributed by atoms with Crippen LogP contribution in [0.25, 0.3) is 21.5 Å². The van der Waals surface area contributed by atoms with Crippen molar-refractivity contribution in [2.45, 2.75) is 104 Å². The second kappa shape index (κ2) is 12.4. The van der Waals surface area contributed by atoms with Crippen LogP contribution >= 0.6 is 31.9 Å². The highest BCUT2D eigenvalue weighted by molar-refractivity contribution is 9.11. The van der Waals surface area contributed by atoms with Crippen LogP contribution in [0.5, 0.6) is 0 Å². The molecule has 0 fully saturated rings. The van der Waals surface area contributed by atoms with Gasteiger partial charge in [-0.2, -0.15) is 0 Å². The van der Waals surface area contributed by atoms with Crippen molar-refractivity contribution in [3.63, 3.8) is 0 Å². The van der Waals surface area contributed by atoms with Crippen LogP contribution in [-0.4, -0.2) is 9.13 Å². The monoisotopic (exact) mass is 596 g/mol. The van der Waals surface area contributed by atoms with Gasteiger partial charge in [0.15, 0.2) is 0 Å². The maximum absolute atomic E-state index is 13.2. The van der Waals surface area contributed by atoms with Crippen LogP contribution in [0.15, 0.2) is 28.1 Å². The highest BCUT2D eigenvalue weighted by Crippen LogP contribution is 2.34. The van der Waals surface area contributed by atoms with Gasteiger partial charge in [0, 0.05) is 22.0 Å². The van der Waals surface area contributed by atoms with Gasteiger partial charge in [-0.15, -0.1) is 0 Å². The van der Waals surface area contributed by atoms with Crippen molar-refractivity contribution in [3.8, 4) is 0 Å². The molecule has 0 bridgehead atoms. The average Bonchev–Trinajstić information content (AvgIpc) is 3.22. The van der Waals surface area contributed by atoms with Crippen LogP contribution in [0.2, 0.25) is 0 Å². The molecular weight excluding hydrogens is 564 g/mol. The van der Waals surface area contributed by atoms with E-state index in [1.807, 2.05) is 0 Å². The van der Waals surface area contributed by atoms with Gasteiger partial charge >= 0.3 is 0 Å². The summed E-state index contributed by atoms with van der Waals surface area (Å²) in [6, 6.07) is 0. The number of nitrogens with zero attached hydrogens (tertiary/aromatic N) is 2. The van der Waals surface area contributed by atoms with E-state index in [0.29, 0.717) is 13.1 Å². The maximum atomic E-state index is 13.2. The maximum Gasteiger partial charge on any atom is 0.262 e.